The van der Waals surface area contributed by atoms with Crippen LogP contribution in [0.15, 0.2) is 18.2 Å². The molecule has 0 fully saturated rings. The summed E-state index contributed by atoms with van der Waals surface area (Å²) in [5.74, 6) is -2.17. The molecule has 0 spiro atoms. The Morgan fingerprint density at radius 3 is 2.74 bits per heavy atom. The van der Waals surface area contributed by atoms with Gasteiger partial charge >= 0.3 is 5.97 Å². The average Bonchev–Trinajstić information content (AvgIpc) is 2.38. The minimum Gasteiger partial charge on any atom is -0.490 e. The molecule has 0 heterocycles. The average molecular weight is 272 g/mol. The third-order valence-corrected chi connectivity index (χ3v) is 2.50. The highest BCUT2D eigenvalue weighted by molar-refractivity contribution is 5.69. The van der Waals surface area contributed by atoms with Gasteiger partial charge in [0.1, 0.15) is 0 Å². The first-order chi connectivity index (χ1) is 9.15. The summed E-state index contributed by atoms with van der Waals surface area (Å²) in [6.45, 7) is 2.45. The normalized spacial score (nSPS) is 10.3. The van der Waals surface area contributed by atoms with Gasteiger partial charge in [-0.2, -0.15) is 4.39 Å². The summed E-state index contributed by atoms with van der Waals surface area (Å²) < 4.78 is 36.0. The van der Waals surface area contributed by atoms with Crippen LogP contribution in [0.3, 0.4) is 0 Å². The molecule has 0 amide bonds. The summed E-state index contributed by atoms with van der Waals surface area (Å²) in [4.78, 5) is 11.0. The van der Waals surface area contributed by atoms with E-state index >= 15 is 0 Å². The number of esters is 1. The van der Waals surface area contributed by atoms with Gasteiger partial charge in [0.05, 0.1) is 13.2 Å². The second kappa shape index (κ2) is 8.45. The number of rotatable bonds is 8. The Morgan fingerprint density at radius 1 is 1.21 bits per heavy atom. The number of unbranched alkanes of at least 4 members (excludes halogenated alkanes) is 2. The van der Waals surface area contributed by atoms with E-state index in [0.717, 1.165) is 12.5 Å². The predicted octanol–water partition coefficient (Wildman–Crippen LogP) is 3.47. The molecule has 0 aliphatic heterocycles. The number of carbonyl (C=O) groups excluding carboxylic acids is 1. The topological polar surface area (TPSA) is 35.5 Å². The third-order valence-electron chi connectivity index (χ3n) is 2.50. The Balaban J connectivity index is 2.14. The number of hydrogen-bond acceptors (Lipinski definition) is 3. The molecule has 19 heavy (non-hydrogen) atoms. The molecule has 0 unspecified atom stereocenters. The Morgan fingerprint density at radius 2 is 2.00 bits per heavy atom. The lowest BCUT2D eigenvalue weighted by Gasteiger charge is -2.07. The van der Waals surface area contributed by atoms with Crippen molar-refractivity contribution in [2.75, 3.05) is 13.2 Å². The molecule has 1 rings (SSSR count). The SMILES string of the molecule is CCOC(=O)CCCCCOc1cccc(F)c1F. The van der Waals surface area contributed by atoms with E-state index in [1.165, 1.54) is 12.1 Å². The highest BCUT2D eigenvalue weighted by Gasteiger charge is 2.08. The Hall–Kier alpha value is -1.65. The van der Waals surface area contributed by atoms with E-state index < -0.39 is 11.6 Å². The lowest BCUT2D eigenvalue weighted by atomic mass is 10.2. The van der Waals surface area contributed by atoms with Gasteiger partial charge in [0.25, 0.3) is 0 Å². The highest BCUT2D eigenvalue weighted by Crippen LogP contribution is 2.19. The molecule has 0 bridgehead atoms. The Labute approximate surface area is 111 Å². The number of halogens is 2. The van der Waals surface area contributed by atoms with Crippen molar-refractivity contribution in [2.24, 2.45) is 0 Å². The number of ether oxygens (including phenoxy) is 2. The van der Waals surface area contributed by atoms with Crippen LogP contribution in [0.25, 0.3) is 0 Å². The van der Waals surface area contributed by atoms with E-state index in [2.05, 4.69) is 0 Å². The van der Waals surface area contributed by atoms with Gasteiger partial charge in [0.2, 0.25) is 5.82 Å². The molecule has 0 radical (unpaired) electrons. The molecule has 0 atom stereocenters. The Kier molecular flexibility index (Phi) is 6.85. The van der Waals surface area contributed by atoms with Crippen molar-refractivity contribution in [3.05, 3.63) is 29.8 Å². The molecule has 106 valence electrons. The zero-order valence-corrected chi connectivity index (χ0v) is 11.0. The zero-order valence-electron chi connectivity index (χ0n) is 11.0. The minimum atomic E-state index is -0.964. The summed E-state index contributed by atoms with van der Waals surface area (Å²) in [7, 11) is 0. The van der Waals surface area contributed by atoms with Gasteiger partial charge in [0.15, 0.2) is 11.6 Å². The lowest BCUT2D eigenvalue weighted by molar-refractivity contribution is -0.143. The predicted molar refractivity (Wildman–Crippen MR) is 67.0 cm³/mol. The van der Waals surface area contributed by atoms with Crippen LogP contribution in [0.2, 0.25) is 0 Å². The van der Waals surface area contributed by atoms with Crippen LogP contribution >= 0.6 is 0 Å². The summed E-state index contributed by atoms with van der Waals surface area (Å²) in [5, 5.41) is 0. The van der Waals surface area contributed by atoms with Gasteiger partial charge in [0, 0.05) is 6.42 Å². The second-order valence-electron chi connectivity index (χ2n) is 4.02. The summed E-state index contributed by atoms with van der Waals surface area (Å²) in [5.41, 5.74) is 0. The third kappa shape index (κ3) is 5.68. The molecule has 0 saturated heterocycles. The fraction of sp³-hybridized carbons (Fsp3) is 0.500. The minimum absolute atomic E-state index is 0.0783. The first-order valence-corrected chi connectivity index (χ1v) is 6.37. The van der Waals surface area contributed by atoms with Crippen LogP contribution in [-0.4, -0.2) is 19.2 Å². The number of carbonyl (C=O) groups is 1. The van der Waals surface area contributed by atoms with Crippen LogP contribution < -0.4 is 4.74 Å². The van der Waals surface area contributed by atoms with Crippen molar-refractivity contribution < 1.29 is 23.0 Å². The summed E-state index contributed by atoms with van der Waals surface area (Å²) >= 11 is 0. The molecule has 0 aromatic heterocycles. The second-order valence-corrected chi connectivity index (χ2v) is 4.02. The Bertz CT molecular complexity index is 408. The van der Waals surface area contributed by atoms with Crippen molar-refractivity contribution in [3.8, 4) is 5.75 Å². The highest BCUT2D eigenvalue weighted by atomic mass is 19.2. The van der Waals surface area contributed by atoms with E-state index in [9.17, 15) is 13.6 Å². The monoisotopic (exact) mass is 272 g/mol. The van der Waals surface area contributed by atoms with Crippen LogP contribution in [-0.2, 0) is 9.53 Å². The van der Waals surface area contributed by atoms with Crippen LogP contribution in [0.5, 0.6) is 5.75 Å². The van der Waals surface area contributed by atoms with Gasteiger partial charge in [-0.25, -0.2) is 4.39 Å². The zero-order chi connectivity index (χ0) is 14.1. The maximum Gasteiger partial charge on any atom is 0.305 e. The smallest absolute Gasteiger partial charge is 0.305 e. The molecule has 1 aromatic carbocycles. The maximum absolute atomic E-state index is 13.2. The van der Waals surface area contributed by atoms with E-state index in [-0.39, 0.29) is 11.7 Å². The van der Waals surface area contributed by atoms with Gasteiger partial charge in [-0.15, -0.1) is 0 Å². The van der Waals surface area contributed by atoms with Crippen molar-refractivity contribution in [1.29, 1.82) is 0 Å². The molecule has 0 N–H and O–H groups in total. The quantitative estimate of drug-likeness (QED) is 0.537. The van der Waals surface area contributed by atoms with Crippen LogP contribution in [0.1, 0.15) is 32.6 Å². The molecule has 0 aliphatic rings. The van der Waals surface area contributed by atoms with E-state index in [0.29, 0.717) is 32.5 Å². The van der Waals surface area contributed by atoms with Crippen molar-refractivity contribution in [1.82, 2.24) is 0 Å². The van der Waals surface area contributed by atoms with E-state index in [4.69, 9.17) is 9.47 Å². The standard InChI is InChI=1S/C14H18F2O3/c1-2-18-13(17)9-4-3-5-10-19-12-8-6-7-11(15)14(12)16/h6-8H,2-5,9-10H2,1H3. The van der Waals surface area contributed by atoms with Crippen molar-refractivity contribution in [3.63, 3.8) is 0 Å². The van der Waals surface area contributed by atoms with Gasteiger partial charge in [-0.1, -0.05) is 6.07 Å². The number of benzene rings is 1. The van der Waals surface area contributed by atoms with E-state index in [1.807, 2.05) is 0 Å². The lowest BCUT2D eigenvalue weighted by Crippen LogP contribution is -2.04. The van der Waals surface area contributed by atoms with E-state index in [1.54, 1.807) is 6.92 Å². The molecule has 0 aliphatic carbocycles. The molecule has 3 nitrogen and oxygen atoms in total. The first kappa shape index (κ1) is 15.4. The molecular formula is C14H18F2O3. The molecule has 0 saturated carbocycles. The fourth-order valence-electron chi connectivity index (χ4n) is 1.56. The maximum atomic E-state index is 13.2. The summed E-state index contributed by atoms with van der Waals surface area (Å²) in [6, 6.07) is 3.83. The summed E-state index contributed by atoms with van der Waals surface area (Å²) in [6.07, 6.45) is 2.53. The number of hydrogen-bond donors (Lipinski definition) is 0. The van der Waals surface area contributed by atoms with Gasteiger partial charge in [-0.05, 0) is 38.3 Å². The first-order valence-electron chi connectivity index (χ1n) is 6.37. The van der Waals surface area contributed by atoms with Crippen LogP contribution in [0.4, 0.5) is 8.78 Å². The van der Waals surface area contributed by atoms with Gasteiger partial charge < -0.3 is 9.47 Å². The molecule has 5 heteroatoms. The van der Waals surface area contributed by atoms with Gasteiger partial charge in [-0.3, -0.25) is 4.79 Å². The molecular weight excluding hydrogens is 254 g/mol. The van der Waals surface area contributed by atoms with Crippen molar-refractivity contribution >= 4 is 5.97 Å². The largest absolute Gasteiger partial charge is 0.490 e. The van der Waals surface area contributed by atoms with Crippen LogP contribution in [0, 0.1) is 11.6 Å². The van der Waals surface area contributed by atoms with Crippen molar-refractivity contribution in [2.45, 2.75) is 32.6 Å². The fourth-order valence-corrected chi connectivity index (χ4v) is 1.56. The molecule has 1 aromatic rings.